The molecular weight excluding hydrogens is 266 g/mol. The Hall–Kier alpha value is -1.69. The van der Waals surface area contributed by atoms with Gasteiger partial charge in [-0.2, -0.15) is 4.52 Å². The van der Waals surface area contributed by atoms with Gasteiger partial charge in [0, 0.05) is 12.0 Å². The molecule has 1 aliphatic rings. The topological polar surface area (TPSA) is 75.3 Å². The van der Waals surface area contributed by atoms with Crippen molar-refractivity contribution in [1.29, 1.82) is 0 Å². The Kier molecular flexibility index (Phi) is 3.57. The number of hydrogen-bond acceptors (Lipinski definition) is 5. The summed E-state index contributed by atoms with van der Waals surface area (Å²) in [4.78, 5) is 0. The summed E-state index contributed by atoms with van der Waals surface area (Å²) in [6.07, 6.45) is 2.75. The molecule has 0 bridgehead atoms. The Morgan fingerprint density at radius 1 is 1.29 bits per heavy atom. The summed E-state index contributed by atoms with van der Waals surface area (Å²) < 4.78 is 1.81. The monoisotopic (exact) mass is 289 g/mol. The maximum atomic E-state index is 9.57. The second-order valence-corrected chi connectivity index (χ2v) is 6.98. The number of nitrogens with zero attached hydrogens (tertiary/aromatic N) is 4. The highest BCUT2D eigenvalue weighted by atomic mass is 16.3. The molecule has 0 unspecified atom stereocenters. The van der Waals surface area contributed by atoms with Crippen molar-refractivity contribution < 1.29 is 5.11 Å². The Balaban J connectivity index is 1.77. The summed E-state index contributed by atoms with van der Waals surface area (Å²) in [6.45, 7) is 7.16. The fraction of sp³-hybridized carbons (Fsp3) is 0.667. The van der Waals surface area contributed by atoms with Crippen LogP contribution in [0.2, 0.25) is 0 Å². The summed E-state index contributed by atoms with van der Waals surface area (Å²) in [5, 5.41) is 25.9. The van der Waals surface area contributed by atoms with Crippen LogP contribution in [0.1, 0.15) is 45.9 Å². The second-order valence-electron chi connectivity index (χ2n) is 6.98. The highest BCUT2D eigenvalue weighted by Crippen LogP contribution is 2.25. The first-order valence-electron chi connectivity index (χ1n) is 7.58. The molecule has 1 fully saturated rings. The molecule has 6 nitrogen and oxygen atoms in total. The van der Waals surface area contributed by atoms with Gasteiger partial charge < -0.3 is 10.4 Å². The van der Waals surface area contributed by atoms with Gasteiger partial charge in [0.2, 0.25) is 0 Å². The molecule has 6 heteroatoms. The molecule has 3 rings (SSSR count). The van der Waals surface area contributed by atoms with E-state index in [0.29, 0.717) is 5.92 Å². The molecule has 0 spiro atoms. The molecule has 0 radical (unpaired) electrons. The number of aliphatic hydroxyl groups is 1. The standard InChI is InChI=1S/C15H23N5O/c1-15(2,3)14-18-17-13-7-6-12(19-20(13)14)16-9-10-4-5-11(21)8-10/h6-7,10-11,21H,4-5,8-9H2,1-3H3,(H,16,19)/t10-,11-/m1/s1. The number of aliphatic hydroxyl groups excluding tert-OH is 1. The average molecular weight is 289 g/mol. The van der Waals surface area contributed by atoms with Gasteiger partial charge in [-0.25, -0.2) is 0 Å². The number of rotatable bonds is 3. The predicted octanol–water partition coefficient (Wildman–Crippen LogP) is 1.99. The van der Waals surface area contributed by atoms with Crippen LogP contribution in [0.3, 0.4) is 0 Å². The molecular formula is C15H23N5O. The molecule has 1 saturated carbocycles. The molecule has 0 saturated heterocycles. The van der Waals surface area contributed by atoms with Crippen LogP contribution >= 0.6 is 0 Å². The second kappa shape index (κ2) is 5.26. The highest BCUT2D eigenvalue weighted by molar-refractivity contribution is 5.44. The molecule has 2 atom stereocenters. The fourth-order valence-electron chi connectivity index (χ4n) is 2.83. The lowest BCUT2D eigenvalue weighted by molar-refractivity contribution is 0.178. The van der Waals surface area contributed by atoms with E-state index in [1.807, 2.05) is 16.6 Å². The Labute approximate surface area is 124 Å². The average Bonchev–Trinajstić information content (AvgIpc) is 3.01. The summed E-state index contributed by atoms with van der Waals surface area (Å²) >= 11 is 0. The zero-order valence-electron chi connectivity index (χ0n) is 12.9. The van der Waals surface area contributed by atoms with Gasteiger partial charge in [-0.3, -0.25) is 0 Å². The number of nitrogens with one attached hydrogen (secondary N) is 1. The lowest BCUT2D eigenvalue weighted by Gasteiger charge is -2.16. The van der Waals surface area contributed by atoms with E-state index in [1.54, 1.807) is 0 Å². The summed E-state index contributed by atoms with van der Waals surface area (Å²) in [5.41, 5.74) is 0.669. The van der Waals surface area contributed by atoms with E-state index >= 15 is 0 Å². The van der Waals surface area contributed by atoms with Crippen molar-refractivity contribution in [1.82, 2.24) is 19.8 Å². The third-order valence-corrected chi connectivity index (χ3v) is 4.02. The van der Waals surface area contributed by atoms with Gasteiger partial charge in [0.1, 0.15) is 5.82 Å². The first-order valence-corrected chi connectivity index (χ1v) is 7.58. The summed E-state index contributed by atoms with van der Waals surface area (Å²) in [6, 6.07) is 3.86. The lowest BCUT2D eigenvalue weighted by atomic mass is 9.96. The molecule has 2 N–H and O–H groups in total. The van der Waals surface area contributed by atoms with Crippen LogP contribution < -0.4 is 5.32 Å². The fourth-order valence-corrected chi connectivity index (χ4v) is 2.83. The van der Waals surface area contributed by atoms with E-state index in [4.69, 9.17) is 0 Å². The van der Waals surface area contributed by atoms with E-state index in [2.05, 4.69) is 41.4 Å². The molecule has 0 aliphatic heterocycles. The largest absolute Gasteiger partial charge is 0.393 e. The number of aromatic nitrogens is 4. The van der Waals surface area contributed by atoms with Crippen LogP contribution in [0.25, 0.3) is 5.65 Å². The van der Waals surface area contributed by atoms with Crippen LogP contribution in [0.5, 0.6) is 0 Å². The summed E-state index contributed by atoms with van der Waals surface area (Å²) in [5.74, 6) is 2.21. The van der Waals surface area contributed by atoms with E-state index in [0.717, 1.165) is 43.1 Å². The Morgan fingerprint density at radius 3 is 2.76 bits per heavy atom. The SMILES string of the molecule is CC(C)(C)c1nnc2ccc(NC[C@@H]3CC[C@@H](O)C3)nn12. The molecule has 2 aromatic rings. The zero-order chi connectivity index (χ0) is 15.0. The first-order chi connectivity index (χ1) is 9.93. The number of anilines is 1. The van der Waals surface area contributed by atoms with Crippen molar-refractivity contribution in [3.05, 3.63) is 18.0 Å². The van der Waals surface area contributed by atoms with Crippen LogP contribution in [-0.2, 0) is 5.41 Å². The van der Waals surface area contributed by atoms with Gasteiger partial charge in [0.05, 0.1) is 6.10 Å². The maximum absolute atomic E-state index is 9.57. The molecule has 0 aromatic carbocycles. The summed E-state index contributed by atoms with van der Waals surface area (Å²) in [7, 11) is 0. The van der Waals surface area contributed by atoms with Gasteiger partial charge in [-0.15, -0.1) is 15.3 Å². The number of fused-ring (bicyclic) bond motifs is 1. The molecule has 0 amide bonds. The van der Waals surface area contributed by atoms with Crippen LogP contribution in [0.15, 0.2) is 12.1 Å². The van der Waals surface area contributed by atoms with Gasteiger partial charge in [0.15, 0.2) is 11.5 Å². The van der Waals surface area contributed by atoms with Crippen molar-refractivity contribution in [2.24, 2.45) is 5.92 Å². The minimum Gasteiger partial charge on any atom is -0.393 e. The molecule has 2 heterocycles. The first kappa shape index (κ1) is 14.3. The quantitative estimate of drug-likeness (QED) is 0.904. The minimum absolute atomic E-state index is 0.0966. The Morgan fingerprint density at radius 2 is 2.10 bits per heavy atom. The Bertz CT molecular complexity index is 631. The van der Waals surface area contributed by atoms with Crippen LogP contribution in [0.4, 0.5) is 5.82 Å². The van der Waals surface area contributed by atoms with Crippen molar-refractivity contribution in [3.63, 3.8) is 0 Å². The van der Waals surface area contributed by atoms with E-state index in [1.165, 1.54) is 0 Å². The normalized spacial score (nSPS) is 22.9. The van der Waals surface area contributed by atoms with E-state index in [-0.39, 0.29) is 11.5 Å². The third kappa shape index (κ3) is 3.00. The van der Waals surface area contributed by atoms with Crippen molar-refractivity contribution in [2.75, 3.05) is 11.9 Å². The van der Waals surface area contributed by atoms with Gasteiger partial charge in [0.25, 0.3) is 0 Å². The maximum Gasteiger partial charge on any atom is 0.178 e. The van der Waals surface area contributed by atoms with Crippen molar-refractivity contribution in [2.45, 2.75) is 51.6 Å². The molecule has 2 aromatic heterocycles. The third-order valence-electron chi connectivity index (χ3n) is 4.02. The van der Waals surface area contributed by atoms with Crippen LogP contribution in [-0.4, -0.2) is 37.6 Å². The molecule has 1 aliphatic carbocycles. The highest BCUT2D eigenvalue weighted by Gasteiger charge is 2.23. The smallest absolute Gasteiger partial charge is 0.178 e. The predicted molar refractivity (Wildman–Crippen MR) is 81.3 cm³/mol. The lowest BCUT2D eigenvalue weighted by Crippen LogP contribution is -2.18. The minimum atomic E-state index is -0.127. The van der Waals surface area contributed by atoms with E-state index in [9.17, 15) is 5.11 Å². The van der Waals surface area contributed by atoms with Crippen molar-refractivity contribution >= 4 is 11.5 Å². The van der Waals surface area contributed by atoms with E-state index < -0.39 is 0 Å². The van der Waals surface area contributed by atoms with Crippen molar-refractivity contribution in [3.8, 4) is 0 Å². The molecule has 114 valence electrons. The van der Waals surface area contributed by atoms with Gasteiger partial charge in [-0.05, 0) is 37.3 Å². The zero-order valence-corrected chi connectivity index (χ0v) is 12.9. The van der Waals surface area contributed by atoms with Crippen LogP contribution in [0, 0.1) is 5.92 Å². The van der Waals surface area contributed by atoms with Gasteiger partial charge in [-0.1, -0.05) is 20.8 Å². The molecule has 21 heavy (non-hydrogen) atoms. The van der Waals surface area contributed by atoms with Gasteiger partial charge >= 0.3 is 0 Å². The number of hydrogen-bond donors (Lipinski definition) is 2.